The van der Waals surface area contributed by atoms with Crippen LogP contribution < -0.4 is 0 Å². The summed E-state index contributed by atoms with van der Waals surface area (Å²) in [5, 5.41) is 8.80. The predicted molar refractivity (Wildman–Crippen MR) is 65.8 cm³/mol. The summed E-state index contributed by atoms with van der Waals surface area (Å²) in [6.07, 6.45) is 1.54. The summed E-state index contributed by atoms with van der Waals surface area (Å²) in [6, 6.07) is 4.14. The van der Waals surface area contributed by atoms with Crippen molar-refractivity contribution in [1.29, 1.82) is 0 Å². The van der Waals surface area contributed by atoms with Crippen molar-refractivity contribution in [3.05, 3.63) is 34.1 Å². The highest BCUT2D eigenvalue weighted by Gasteiger charge is 2.35. The van der Waals surface area contributed by atoms with Gasteiger partial charge in [-0.15, -0.1) is 0 Å². The molecule has 1 N–H and O–H groups in total. The molecule has 18 heavy (non-hydrogen) atoms. The first-order chi connectivity index (χ1) is 8.50. The van der Waals surface area contributed by atoms with Gasteiger partial charge in [-0.1, -0.05) is 6.07 Å². The van der Waals surface area contributed by atoms with Gasteiger partial charge >= 0.3 is 5.97 Å². The number of carbonyl (C=O) groups is 2. The molecule has 6 heteroatoms. The minimum Gasteiger partial charge on any atom is -0.480 e. The van der Waals surface area contributed by atoms with Crippen LogP contribution in [0.4, 0.5) is 4.39 Å². The summed E-state index contributed by atoms with van der Waals surface area (Å²) < 4.78 is 14.0. The number of rotatable bonds is 4. The summed E-state index contributed by atoms with van der Waals surface area (Å²) in [6.45, 7) is -0.399. The Labute approximate surface area is 112 Å². The molecular weight excluding hydrogens is 305 g/mol. The first kappa shape index (κ1) is 13.0. The lowest BCUT2D eigenvalue weighted by atomic mass is 10.2. The van der Waals surface area contributed by atoms with Gasteiger partial charge < -0.3 is 10.0 Å². The fraction of sp³-hybridized carbons (Fsp3) is 0.333. The Kier molecular flexibility index (Phi) is 3.65. The molecule has 1 amide bonds. The molecule has 0 bridgehead atoms. The van der Waals surface area contributed by atoms with Gasteiger partial charge in [-0.3, -0.25) is 9.59 Å². The molecule has 0 unspecified atom stereocenters. The van der Waals surface area contributed by atoms with Gasteiger partial charge in [0.25, 0.3) is 5.91 Å². The lowest BCUT2D eigenvalue weighted by Crippen LogP contribution is -2.38. The molecule has 1 fully saturated rings. The Balaban J connectivity index is 2.30. The van der Waals surface area contributed by atoms with E-state index in [1.807, 2.05) is 0 Å². The van der Waals surface area contributed by atoms with Crippen LogP contribution in [0.5, 0.6) is 0 Å². The lowest BCUT2D eigenvalue weighted by molar-refractivity contribution is -0.137. The second-order valence-electron chi connectivity index (χ2n) is 4.15. The molecule has 2 rings (SSSR count). The van der Waals surface area contributed by atoms with Gasteiger partial charge in [0.1, 0.15) is 12.4 Å². The van der Waals surface area contributed by atoms with Gasteiger partial charge in [0.05, 0.1) is 5.56 Å². The van der Waals surface area contributed by atoms with Crippen LogP contribution in [0.1, 0.15) is 23.2 Å². The minimum absolute atomic E-state index is 0.0832. The average molecular weight is 316 g/mol. The van der Waals surface area contributed by atoms with E-state index in [4.69, 9.17) is 5.11 Å². The SMILES string of the molecule is O=C(O)CN(C(=O)c1c(F)cccc1Br)C1CC1. The molecule has 1 aliphatic rings. The van der Waals surface area contributed by atoms with E-state index in [2.05, 4.69) is 15.9 Å². The van der Waals surface area contributed by atoms with Crippen LogP contribution >= 0.6 is 15.9 Å². The van der Waals surface area contributed by atoms with Crippen molar-refractivity contribution < 1.29 is 19.1 Å². The smallest absolute Gasteiger partial charge is 0.323 e. The first-order valence-electron chi connectivity index (χ1n) is 5.47. The van der Waals surface area contributed by atoms with Crippen molar-refractivity contribution in [2.24, 2.45) is 0 Å². The summed E-state index contributed by atoms with van der Waals surface area (Å²) >= 11 is 3.12. The molecule has 0 radical (unpaired) electrons. The van der Waals surface area contributed by atoms with E-state index in [0.29, 0.717) is 4.47 Å². The molecular formula is C12H11BrFNO3. The van der Waals surface area contributed by atoms with Crippen molar-refractivity contribution in [2.45, 2.75) is 18.9 Å². The Morgan fingerprint density at radius 2 is 2.11 bits per heavy atom. The Bertz CT molecular complexity index is 482. The van der Waals surface area contributed by atoms with Crippen molar-refractivity contribution in [3.8, 4) is 0 Å². The van der Waals surface area contributed by atoms with Crippen LogP contribution in [0, 0.1) is 5.82 Å². The van der Waals surface area contributed by atoms with Gasteiger partial charge in [-0.2, -0.15) is 0 Å². The largest absolute Gasteiger partial charge is 0.480 e. The Hall–Kier alpha value is -1.43. The van der Waals surface area contributed by atoms with Crippen LogP contribution in [0.25, 0.3) is 0 Å². The molecule has 0 spiro atoms. The number of hydrogen-bond donors (Lipinski definition) is 1. The van der Waals surface area contributed by atoms with Crippen molar-refractivity contribution >= 4 is 27.8 Å². The molecule has 0 heterocycles. The third-order valence-corrected chi connectivity index (χ3v) is 3.39. The van der Waals surface area contributed by atoms with Gasteiger partial charge in [-0.05, 0) is 40.9 Å². The highest BCUT2D eigenvalue weighted by atomic mass is 79.9. The van der Waals surface area contributed by atoms with E-state index < -0.39 is 24.2 Å². The molecule has 0 atom stereocenters. The van der Waals surface area contributed by atoms with Gasteiger partial charge in [0.15, 0.2) is 0 Å². The van der Waals surface area contributed by atoms with E-state index in [-0.39, 0.29) is 11.6 Å². The highest BCUT2D eigenvalue weighted by molar-refractivity contribution is 9.10. The molecule has 1 aromatic rings. The van der Waals surface area contributed by atoms with Crippen LogP contribution in [-0.2, 0) is 4.79 Å². The predicted octanol–water partition coefficient (Wildman–Crippen LogP) is 2.28. The Morgan fingerprint density at radius 3 is 2.61 bits per heavy atom. The number of carboxylic acid groups (broad SMARTS) is 1. The summed E-state index contributed by atoms with van der Waals surface area (Å²) in [5.41, 5.74) is -0.106. The monoisotopic (exact) mass is 315 g/mol. The van der Waals surface area contributed by atoms with Crippen molar-refractivity contribution in [1.82, 2.24) is 4.90 Å². The number of hydrogen-bond acceptors (Lipinski definition) is 2. The summed E-state index contributed by atoms with van der Waals surface area (Å²) in [4.78, 5) is 24.2. The van der Waals surface area contributed by atoms with Crippen molar-refractivity contribution in [2.75, 3.05) is 6.54 Å². The van der Waals surface area contributed by atoms with Crippen LogP contribution in [0.15, 0.2) is 22.7 Å². The quantitative estimate of drug-likeness (QED) is 0.927. The van der Waals surface area contributed by atoms with Gasteiger partial charge in [0.2, 0.25) is 0 Å². The number of amides is 1. The number of carbonyl (C=O) groups excluding carboxylic acids is 1. The average Bonchev–Trinajstić information content (AvgIpc) is 3.09. The number of benzene rings is 1. The summed E-state index contributed by atoms with van der Waals surface area (Å²) in [7, 11) is 0. The maximum atomic E-state index is 13.7. The fourth-order valence-corrected chi connectivity index (χ4v) is 2.26. The zero-order chi connectivity index (χ0) is 13.3. The molecule has 0 aliphatic heterocycles. The van der Waals surface area contributed by atoms with E-state index in [1.54, 1.807) is 6.07 Å². The lowest BCUT2D eigenvalue weighted by Gasteiger charge is -2.21. The number of carboxylic acids is 1. The standard InChI is InChI=1S/C12H11BrFNO3/c13-8-2-1-3-9(14)11(8)12(18)15(6-10(16)17)7-4-5-7/h1-3,7H,4-6H2,(H,16,17). The second-order valence-corrected chi connectivity index (χ2v) is 5.01. The molecule has 96 valence electrons. The number of nitrogens with zero attached hydrogens (tertiary/aromatic N) is 1. The van der Waals surface area contributed by atoms with Crippen molar-refractivity contribution in [3.63, 3.8) is 0 Å². The molecule has 1 saturated carbocycles. The zero-order valence-electron chi connectivity index (χ0n) is 9.40. The van der Waals surface area contributed by atoms with Gasteiger partial charge in [0, 0.05) is 10.5 Å². The van der Waals surface area contributed by atoms with Crippen LogP contribution in [0.2, 0.25) is 0 Å². The van der Waals surface area contributed by atoms with E-state index in [9.17, 15) is 14.0 Å². The maximum absolute atomic E-state index is 13.7. The minimum atomic E-state index is -1.09. The third-order valence-electron chi connectivity index (χ3n) is 2.73. The van der Waals surface area contributed by atoms with Crippen LogP contribution in [-0.4, -0.2) is 34.5 Å². The highest BCUT2D eigenvalue weighted by Crippen LogP contribution is 2.30. The molecule has 1 aromatic carbocycles. The van der Waals surface area contributed by atoms with E-state index >= 15 is 0 Å². The molecule has 4 nitrogen and oxygen atoms in total. The molecule has 0 saturated heterocycles. The Morgan fingerprint density at radius 1 is 1.44 bits per heavy atom. The number of halogens is 2. The first-order valence-corrected chi connectivity index (χ1v) is 6.26. The van der Waals surface area contributed by atoms with E-state index in [1.165, 1.54) is 17.0 Å². The fourth-order valence-electron chi connectivity index (χ4n) is 1.74. The molecule has 1 aliphatic carbocycles. The van der Waals surface area contributed by atoms with Gasteiger partial charge in [-0.25, -0.2) is 4.39 Å². The third kappa shape index (κ3) is 2.69. The summed E-state index contributed by atoms with van der Waals surface area (Å²) in [5.74, 6) is -2.32. The maximum Gasteiger partial charge on any atom is 0.323 e. The number of aliphatic carboxylic acids is 1. The topological polar surface area (TPSA) is 57.6 Å². The zero-order valence-corrected chi connectivity index (χ0v) is 11.0. The van der Waals surface area contributed by atoms with Crippen LogP contribution in [0.3, 0.4) is 0 Å². The normalized spacial score (nSPS) is 14.3. The molecule has 0 aromatic heterocycles. The second kappa shape index (κ2) is 5.06. The van der Waals surface area contributed by atoms with E-state index in [0.717, 1.165) is 12.8 Å².